The van der Waals surface area contributed by atoms with Crippen molar-refractivity contribution < 1.29 is 4.79 Å². The molecule has 0 saturated carbocycles. The monoisotopic (exact) mass is 290 g/mol. The molecule has 0 unspecified atom stereocenters. The third-order valence-corrected chi connectivity index (χ3v) is 4.43. The van der Waals surface area contributed by atoms with Gasteiger partial charge in [-0.15, -0.1) is 11.3 Å². The van der Waals surface area contributed by atoms with E-state index in [1.807, 2.05) is 17.5 Å². The Kier molecular flexibility index (Phi) is 4.13. The van der Waals surface area contributed by atoms with Crippen LogP contribution in [0.5, 0.6) is 0 Å². The first-order valence-electron chi connectivity index (χ1n) is 6.84. The first-order valence-corrected chi connectivity index (χ1v) is 7.72. The summed E-state index contributed by atoms with van der Waals surface area (Å²) in [5.41, 5.74) is 2.36. The number of nitrogens with zero attached hydrogens (tertiary/aromatic N) is 2. The average Bonchev–Trinajstić information content (AvgIpc) is 3.13. The molecule has 5 nitrogen and oxygen atoms in total. The Morgan fingerprint density at radius 1 is 1.55 bits per heavy atom. The van der Waals surface area contributed by atoms with Gasteiger partial charge in [-0.1, -0.05) is 6.07 Å². The van der Waals surface area contributed by atoms with Crippen LogP contribution in [0.15, 0.2) is 23.8 Å². The number of H-pyrrole nitrogens is 1. The minimum Gasteiger partial charge on any atom is -0.351 e. The number of carbonyl (C=O) groups is 1. The summed E-state index contributed by atoms with van der Waals surface area (Å²) in [6.07, 6.45) is 3.27. The van der Waals surface area contributed by atoms with Crippen LogP contribution in [0.3, 0.4) is 0 Å². The molecule has 1 amide bonds. The molecule has 1 aliphatic rings. The molecule has 2 aromatic rings. The van der Waals surface area contributed by atoms with Crippen molar-refractivity contribution in [3.63, 3.8) is 0 Å². The van der Waals surface area contributed by atoms with Crippen LogP contribution in [0, 0.1) is 0 Å². The number of amides is 1. The van der Waals surface area contributed by atoms with Gasteiger partial charge < -0.3 is 10.3 Å². The SMILES string of the molecule is O=C(CCN1CCc2nc[nH]c2C1)NCc1cccs1. The Morgan fingerprint density at radius 2 is 2.50 bits per heavy atom. The van der Waals surface area contributed by atoms with Crippen LogP contribution < -0.4 is 5.32 Å². The molecule has 1 aliphatic heterocycles. The standard InChI is InChI=1S/C14H18N4OS/c19-14(15-8-11-2-1-7-20-11)4-6-18-5-3-12-13(9-18)17-10-16-12/h1-2,7,10H,3-6,8-9H2,(H,15,19)(H,16,17). The molecule has 0 bridgehead atoms. The lowest BCUT2D eigenvalue weighted by Gasteiger charge is -2.25. The number of nitrogens with one attached hydrogen (secondary N) is 2. The van der Waals surface area contributed by atoms with Crippen molar-refractivity contribution in [2.24, 2.45) is 0 Å². The van der Waals surface area contributed by atoms with Gasteiger partial charge in [0.25, 0.3) is 0 Å². The molecular weight excluding hydrogens is 272 g/mol. The molecule has 6 heteroatoms. The highest BCUT2D eigenvalue weighted by Gasteiger charge is 2.18. The Labute approximate surface area is 122 Å². The highest BCUT2D eigenvalue weighted by atomic mass is 32.1. The first kappa shape index (κ1) is 13.3. The van der Waals surface area contributed by atoms with Crippen molar-refractivity contribution in [2.75, 3.05) is 13.1 Å². The molecule has 0 atom stereocenters. The summed E-state index contributed by atoms with van der Waals surface area (Å²) in [5, 5.41) is 4.99. The molecule has 0 fully saturated rings. The quantitative estimate of drug-likeness (QED) is 0.878. The van der Waals surface area contributed by atoms with E-state index in [9.17, 15) is 4.79 Å². The number of imidazole rings is 1. The molecular formula is C14H18N4OS. The van der Waals surface area contributed by atoms with E-state index in [4.69, 9.17) is 0 Å². The van der Waals surface area contributed by atoms with Gasteiger partial charge in [-0.2, -0.15) is 0 Å². The highest BCUT2D eigenvalue weighted by Crippen LogP contribution is 2.14. The second-order valence-corrected chi connectivity index (χ2v) is 5.99. The zero-order chi connectivity index (χ0) is 13.8. The Morgan fingerprint density at radius 3 is 3.35 bits per heavy atom. The summed E-state index contributed by atoms with van der Waals surface area (Å²) in [7, 11) is 0. The van der Waals surface area contributed by atoms with Crippen LogP contribution in [0.4, 0.5) is 0 Å². The molecule has 2 N–H and O–H groups in total. The van der Waals surface area contributed by atoms with Crippen LogP contribution in [-0.4, -0.2) is 33.9 Å². The maximum Gasteiger partial charge on any atom is 0.221 e. The maximum atomic E-state index is 11.8. The van der Waals surface area contributed by atoms with Crippen LogP contribution in [0.2, 0.25) is 0 Å². The van der Waals surface area contributed by atoms with Gasteiger partial charge in [0.05, 0.1) is 24.3 Å². The van der Waals surface area contributed by atoms with E-state index in [0.717, 1.165) is 26.1 Å². The molecule has 0 saturated heterocycles. The topological polar surface area (TPSA) is 61.0 Å². The van der Waals surface area contributed by atoms with E-state index in [2.05, 4.69) is 20.2 Å². The Hall–Kier alpha value is -1.66. The molecule has 0 aromatic carbocycles. The molecule has 2 aromatic heterocycles. The zero-order valence-corrected chi connectivity index (χ0v) is 12.1. The fourth-order valence-corrected chi connectivity index (χ4v) is 3.05. The third kappa shape index (κ3) is 3.26. The summed E-state index contributed by atoms with van der Waals surface area (Å²) in [6.45, 7) is 3.29. The third-order valence-electron chi connectivity index (χ3n) is 3.55. The molecule has 106 valence electrons. The number of thiophene rings is 1. The number of hydrogen-bond acceptors (Lipinski definition) is 4. The Balaban J connectivity index is 1.40. The summed E-state index contributed by atoms with van der Waals surface area (Å²) in [4.78, 5) is 22.8. The van der Waals surface area contributed by atoms with Crippen molar-refractivity contribution in [1.29, 1.82) is 0 Å². The van der Waals surface area contributed by atoms with E-state index >= 15 is 0 Å². The lowest BCUT2D eigenvalue weighted by molar-refractivity contribution is -0.121. The van der Waals surface area contributed by atoms with Crippen molar-refractivity contribution in [3.8, 4) is 0 Å². The number of fused-ring (bicyclic) bond motifs is 1. The predicted molar refractivity (Wildman–Crippen MR) is 78.4 cm³/mol. The normalized spacial score (nSPS) is 15.0. The summed E-state index contributed by atoms with van der Waals surface area (Å²) >= 11 is 1.67. The summed E-state index contributed by atoms with van der Waals surface area (Å²) < 4.78 is 0. The minimum atomic E-state index is 0.119. The van der Waals surface area contributed by atoms with Gasteiger partial charge in [0, 0.05) is 37.4 Å². The van der Waals surface area contributed by atoms with Gasteiger partial charge in [0.2, 0.25) is 5.91 Å². The fraction of sp³-hybridized carbons (Fsp3) is 0.429. The second-order valence-electron chi connectivity index (χ2n) is 4.96. The molecule has 0 radical (unpaired) electrons. The largest absolute Gasteiger partial charge is 0.351 e. The molecule has 20 heavy (non-hydrogen) atoms. The molecule has 0 spiro atoms. The number of aromatic amines is 1. The number of carbonyl (C=O) groups excluding carboxylic acids is 1. The van der Waals surface area contributed by atoms with Crippen molar-refractivity contribution >= 4 is 17.2 Å². The lowest BCUT2D eigenvalue weighted by atomic mass is 10.1. The lowest BCUT2D eigenvalue weighted by Crippen LogP contribution is -2.34. The van der Waals surface area contributed by atoms with Crippen LogP contribution in [0.1, 0.15) is 22.7 Å². The van der Waals surface area contributed by atoms with E-state index in [-0.39, 0.29) is 5.91 Å². The van der Waals surface area contributed by atoms with Gasteiger partial charge in [0.15, 0.2) is 0 Å². The van der Waals surface area contributed by atoms with Crippen LogP contribution in [-0.2, 0) is 24.3 Å². The Bertz CT molecular complexity index is 564. The second kappa shape index (κ2) is 6.19. The first-order chi connectivity index (χ1) is 9.81. The van der Waals surface area contributed by atoms with Gasteiger partial charge in [-0.3, -0.25) is 9.69 Å². The predicted octanol–water partition coefficient (Wildman–Crippen LogP) is 1.54. The van der Waals surface area contributed by atoms with Gasteiger partial charge >= 0.3 is 0 Å². The zero-order valence-electron chi connectivity index (χ0n) is 11.3. The van der Waals surface area contributed by atoms with Crippen LogP contribution in [0.25, 0.3) is 0 Å². The van der Waals surface area contributed by atoms with Gasteiger partial charge in [-0.05, 0) is 11.4 Å². The van der Waals surface area contributed by atoms with Crippen molar-refractivity contribution in [1.82, 2.24) is 20.2 Å². The molecule has 3 heterocycles. The highest BCUT2D eigenvalue weighted by molar-refractivity contribution is 7.09. The van der Waals surface area contributed by atoms with Crippen molar-refractivity contribution in [2.45, 2.75) is 25.9 Å². The molecule has 0 aliphatic carbocycles. The molecule has 3 rings (SSSR count). The van der Waals surface area contributed by atoms with E-state index in [1.54, 1.807) is 17.7 Å². The number of rotatable bonds is 5. The maximum absolute atomic E-state index is 11.8. The average molecular weight is 290 g/mol. The van der Waals surface area contributed by atoms with Crippen molar-refractivity contribution in [3.05, 3.63) is 40.1 Å². The fourth-order valence-electron chi connectivity index (χ4n) is 2.41. The van der Waals surface area contributed by atoms with E-state index in [0.29, 0.717) is 13.0 Å². The number of aromatic nitrogens is 2. The van der Waals surface area contributed by atoms with Crippen LogP contribution >= 0.6 is 11.3 Å². The minimum absolute atomic E-state index is 0.119. The van der Waals surface area contributed by atoms with E-state index < -0.39 is 0 Å². The summed E-state index contributed by atoms with van der Waals surface area (Å²) in [5.74, 6) is 0.119. The van der Waals surface area contributed by atoms with Gasteiger partial charge in [0.1, 0.15) is 0 Å². The van der Waals surface area contributed by atoms with Gasteiger partial charge in [-0.25, -0.2) is 4.98 Å². The smallest absolute Gasteiger partial charge is 0.221 e. The summed E-state index contributed by atoms with van der Waals surface area (Å²) in [6, 6.07) is 4.04. The number of hydrogen-bond donors (Lipinski definition) is 2. The van der Waals surface area contributed by atoms with E-state index in [1.165, 1.54) is 16.3 Å².